The molecule has 0 heterocycles. The van der Waals surface area contributed by atoms with Crippen LogP contribution in [0.5, 0.6) is 0 Å². The van der Waals surface area contributed by atoms with E-state index in [0.29, 0.717) is 11.8 Å². The first kappa shape index (κ1) is 19.7. The lowest BCUT2D eigenvalue weighted by Gasteiger charge is -2.21. The van der Waals surface area contributed by atoms with Gasteiger partial charge in [-0.15, -0.1) is 0 Å². The normalized spacial score (nSPS) is 13.7. The largest absolute Gasteiger partial charge is 0.0648 e. The molecule has 0 spiro atoms. The molecular weight excluding hydrogens is 324 g/mol. The van der Waals surface area contributed by atoms with Gasteiger partial charge in [0.2, 0.25) is 0 Å². The minimum absolute atomic E-state index is 0.559. The zero-order valence-electron chi connectivity index (χ0n) is 18.1. The lowest BCUT2D eigenvalue weighted by atomic mass is 9.83. The Kier molecular flexibility index (Phi) is 5.75. The zero-order valence-corrected chi connectivity index (χ0v) is 18.1. The number of hydrogen-bond acceptors (Lipinski definition) is 0. The van der Waals surface area contributed by atoms with Gasteiger partial charge in [0.1, 0.15) is 0 Å². The van der Waals surface area contributed by atoms with E-state index in [1.54, 1.807) is 0 Å². The van der Waals surface area contributed by atoms with Crippen LogP contribution in [0, 0.1) is 20.8 Å². The molecule has 0 radical (unpaired) electrons. The van der Waals surface area contributed by atoms with E-state index >= 15 is 0 Å². The summed E-state index contributed by atoms with van der Waals surface area (Å²) in [7, 11) is 0. The third kappa shape index (κ3) is 3.68. The summed E-state index contributed by atoms with van der Waals surface area (Å²) in [6.45, 7) is 16.0. The van der Waals surface area contributed by atoms with Crippen LogP contribution < -0.4 is 0 Å². The average molecular weight is 359 g/mol. The molecule has 0 N–H and O–H groups in total. The van der Waals surface area contributed by atoms with Crippen molar-refractivity contribution in [3.05, 3.63) is 70.3 Å². The zero-order chi connectivity index (χ0) is 19.7. The Balaban J connectivity index is 2.40. The maximum Gasteiger partial charge on any atom is -0.0140 e. The molecular formula is C27H34. The molecule has 2 atom stereocenters. The highest BCUT2D eigenvalue weighted by Crippen LogP contribution is 2.39. The fourth-order valence-corrected chi connectivity index (χ4v) is 4.14. The molecule has 3 aromatic carbocycles. The SMILES string of the molecule is CCC(C)c1cc(-c2cccc(C)c2C)cc2c(C(C)CC)cc(C)cc12. The Morgan fingerprint density at radius 2 is 1.33 bits per heavy atom. The molecule has 0 nitrogen and oxygen atoms in total. The molecule has 0 aliphatic heterocycles. The summed E-state index contributed by atoms with van der Waals surface area (Å²) >= 11 is 0. The van der Waals surface area contributed by atoms with Gasteiger partial charge in [0.15, 0.2) is 0 Å². The molecule has 3 rings (SSSR count). The molecule has 0 heteroatoms. The first-order chi connectivity index (χ1) is 12.9. The Bertz CT molecular complexity index is 961. The first-order valence-corrected chi connectivity index (χ1v) is 10.5. The second kappa shape index (κ2) is 7.89. The number of fused-ring (bicyclic) bond motifs is 1. The highest BCUT2D eigenvalue weighted by Gasteiger charge is 2.17. The molecule has 142 valence electrons. The van der Waals surface area contributed by atoms with Gasteiger partial charge < -0.3 is 0 Å². The van der Waals surface area contributed by atoms with Crippen molar-refractivity contribution < 1.29 is 0 Å². The monoisotopic (exact) mass is 358 g/mol. The van der Waals surface area contributed by atoms with E-state index in [1.165, 1.54) is 56.1 Å². The smallest absolute Gasteiger partial charge is 0.0140 e. The van der Waals surface area contributed by atoms with Gasteiger partial charge in [-0.25, -0.2) is 0 Å². The van der Waals surface area contributed by atoms with E-state index in [1.807, 2.05) is 0 Å². The summed E-state index contributed by atoms with van der Waals surface area (Å²) in [5, 5.41) is 2.90. The third-order valence-corrected chi connectivity index (χ3v) is 6.48. The maximum absolute atomic E-state index is 2.46. The maximum atomic E-state index is 2.46. The number of aryl methyl sites for hydroxylation is 2. The van der Waals surface area contributed by atoms with Gasteiger partial charge in [-0.1, -0.05) is 69.7 Å². The van der Waals surface area contributed by atoms with Gasteiger partial charge in [0.25, 0.3) is 0 Å². The molecule has 27 heavy (non-hydrogen) atoms. The van der Waals surface area contributed by atoms with Crippen molar-refractivity contribution >= 4 is 10.8 Å². The van der Waals surface area contributed by atoms with Crippen molar-refractivity contribution in [2.24, 2.45) is 0 Å². The molecule has 0 aromatic heterocycles. The standard InChI is InChI=1S/C27H34/c1-8-18(4)24-13-17(3)14-26-25(19(5)9-2)15-22(16-27(24)26)23-12-10-11-20(6)21(23)7/h10-16,18-19H,8-9H2,1-7H3. The molecule has 0 fully saturated rings. The van der Waals surface area contributed by atoms with Gasteiger partial charge in [-0.05, 0) is 95.7 Å². The molecule has 0 bridgehead atoms. The summed E-state index contributed by atoms with van der Waals surface area (Å²) in [4.78, 5) is 0. The quantitative estimate of drug-likeness (QED) is 0.429. The topological polar surface area (TPSA) is 0 Å². The second-order valence-electron chi connectivity index (χ2n) is 8.38. The molecule has 0 saturated heterocycles. The fraction of sp³-hybridized carbons (Fsp3) is 0.407. The number of rotatable bonds is 5. The minimum atomic E-state index is 0.559. The van der Waals surface area contributed by atoms with Crippen molar-refractivity contribution in [1.82, 2.24) is 0 Å². The summed E-state index contributed by atoms with van der Waals surface area (Å²) < 4.78 is 0. The van der Waals surface area contributed by atoms with Gasteiger partial charge in [0.05, 0.1) is 0 Å². The van der Waals surface area contributed by atoms with Crippen LogP contribution in [0.15, 0.2) is 42.5 Å². The van der Waals surface area contributed by atoms with Crippen LogP contribution in [0.1, 0.15) is 80.2 Å². The van der Waals surface area contributed by atoms with Crippen LogP contribution >= 0.6 is 0 Å². The third-order valence-electron chi connectivity index (χ3n) is 6.48. The summed E-state index contributed by atoms with van der Waals surface area (Å²) in [5.41, 5.74) is 9.88. The molecule has 0 amide bonds. The highest BCUT2D eigenvalue weighted by molar-refractivity contribution is 5.94. The molecule has 0 saturated carbocycles. The van der Waals surface area contributed by atoms with Crippen LogP contribution in [0.2, 0.25) is 0 Å². The van der Waals surface area contributed by atoms with Crippen LogP contribution in [-0.4, -0.2) is 0 Å². The lowest BCUT2D eigenvalue weighted by molar-refractivity contribution is 0.734. The highest BCUT2D eigenvalue weighted by atomic mass is 14.2. The van der Waals surface area contributed by atoms with Crippen LogP contribution in [0.25, 0.3) is 21.9 Å². The van der Waals surface area contributed by atoms with E-state index < -0.39 is 0 Å². The van der Waals surface area contributed by atoms with Crippen molar-refractivity contribution in [2.45, 2.75) is 73.1 Å². The molecule has 3 aromatic rings. The van der Waals surface area contributed by atoms with Gasteiger partial charge in [-0.3, -0.25) is 0 Å². The van der Waals surface area contributed by atoms with Gasteiger partial charge in [-0.2, -0.15) is 0 Å². The molecule has 0 aliphatic rings. The van der Waals surface area contributed by atoms with Crippen molar-refractivity contribution in [1.29, 1.82) is 0 Å². The lowest BCUT2D eigenvalue weighted by Crippen LogP contribution is -2.00. The van der Waals surface area contributed by atoms with E-state index in [2.05, 4.69) is 90.9 Å². The predicted octanol–water partition coefficient (Wildman–Crippen LogP) is 8.46. The van der Waals surface area contributed by atoms with E-state index in [-0.39, 0.29) is 0 Å². The van der Waals surface area contributed by atoms with Crippen molar-refractivity contribution in [3.63, 3.8) is 0 Å². The molecule has 2 unspecified atom stereocenters. The van der Waals surface area contributed by atoms with Gasteiger partial charge in [0, 0.05) is 0 Å². The van der Waals surface area contributed by atoms with E-state index in [4.69, 9.17) is 0 Å². The summed E-state index contributed by atoms with van der Waals surface area (Å²) in [6, 6.07) is 16.4. The summed E-state index contributed by atoms with van der Waals surface area (Å²) in [6.07, 6.45) is 2.34. The average Bonchev–Trinajstić information content (AvgIpc) is 2.67. The van der Waals surface area contributed by atoms with Crippen molar-refractivity contribution in [2.75, 3.05) is 0 Å². The van der Waals surface area contributed by atoms with Gasteiger partial charge >= 0.3 is 0 Å². The second-order valence-corrected chi connectivity index (χ2v) is 8.38. The van der Waals surface area contributed by atoms with E-state index in [0.717, 1.165) is 6.42 Å². The predicted molar refractivity (Wildman–Crippen MR) is 121 cm³/mol. The number of hydrogen-bond donors (Lipinski definition) is 0. The Morgan fingerprint density at radius 1 is 0.741 bits per heavy atom. The molecule has 0 aliphatic carbocycles. The number of benzene rings is 3. The Hall–Kier alpha value is -2.08. The van der Waals surface area contributed by atoms with Crippen LogP contribution in [0.3, 0.4) is 0 Å². The van der Waals surface area contributed by atoms with E-state index in [9.17, 15) is 0 Å². The Labute approximate surface area is 165 Å². The fourth-order valence-electron chi connectivity index (χ4n) is 4.14. The first-order valence-electron chi connectivity index (χ1n) is 10.5. The van der Waals surface area contributed by atoms with Crippen LogP contribution in [0.4, 0.5) is 0 Å². The summed E-state index contributed by atoms with van der Waals surface area (Å²) in [5.74, 6) is 1.13. The van der Waals surface area contributed by atoms with Crippen molar-refractivity contribution in [3.8, 4) is 11.1 Å². The van der Waals surface area contributed by atoms with Crippen LogP contribution in [-0.2, 0) is 0 Å². The Morgan fingerprint density at radius 3 is 1.96 bits per heavy atom. The minimum Gasteiger partial charge on any atom is -0.0648 e.